The third kappa shape index (κ3) is 4.97. The number of amides is 1. The Balaban J connectivity index is 2.23. The molecule has 0 saturated heterocycles. The summed E-state index contributed by atoms with van der Waals surface area (Å²) in [5.41, 5.74) is 5.76. The summed E-state index contributed by atoms with van der Waals surface area (Å²) in [6, 6.07) is -0.414. The van der Waals surface area contributed by atoms with Gasteiger partial charge in [0.05, 0.1) is 6.04 Å². The minimum absolute atomic E-state index is 0.00800. The second-order valence-corrected chi connectivity index (χ2v) is 7.06. The Hall–Kier alpha value is -0.570. The molecule has 3 atom stereocenters. The predicted octanol–water partition coefficient (Wildman–Crippen LogP) is 2.69. The smallest absolute Gasteiger partial charge is 0.237 e. The molecule has 1 aliphatic rings. The van der Waals surface area contributed by atoms with Crippen LogP contribution in [0, 0.1) is 17.3 Å². The molecule has 0 spiro atoms. The first kappa shape index (κ1) is 15.5. The molecule has 1 aliphatic carbocycles. The van der Waals surface area contributed by atoms with E-state index in [-0.39, 0.29) is 11.3 Å². The Bertz CT molecular complexity index is 270. The van der Waals surface area contributed by atoms with Gasteiger partial charge in [0.1, 0.15) is 0 Å². The minimum Gasteiger partial charge on any atom is -0.355 e. The van der Waals surface area contributed by atoms with Crippen LogP contribution < -0.4 is 11.1 Å². The predicted molar refractivity (Wildman–Crippen MR) is 76.2 cm³/mol. The lowest BCUT2D eigenvalue weighted by Crippen LogP contribution is -2.48. The zero-order valence-corrected chi connectivity index (χ0v) is 12.5. The van der Waals surface area contributed by atoms with Gasteiger partial charge >= 0.3 is 0 Å². The highest BCUT2D eigenvalue weighted by molar-refractivity contribution is 5.82. The van der Waals surface area contributed by atoms with Crippen LogP contribution >= 0.6 is 0 Å². The maximum absolute atomic E-state index is 11.9. The fourth-order valence-corrected chi connectivity index (χ4v) is 2.72. The summed E-state index contributed by atoms with van der Waals surface area (Å²) in [6.07, 6.45) is 6.47. The maximum Gasteiger partial charge on any atom is 0.237 e. The monoisotopic (exact) mass is 254 g/mol. The normalized spacial score (nSPS) is 26.7. The van der Waals surface area contributed by atoms with Crippen LogP contribution in [0.5, 0.6) is 0 Å². The first-order chi connectivity index (χ1) is 8.30. The van der Waals surface area contributed by atoms with E-state index >= 15 is 0 Å². The maximum atomic E-state index is 11.9. The van der Waals surface area contributed by atoms with Crippen molar-refractivity contribution in [2.75, 3.05) is 6.54 Å². The highest BCUT2D eigenvalue weighted by atomic mass is 16.2. The van der Waals surface area contributed by atoms with Crippen LogP contribution in [-0.2, 0) is 4.79 Å². The van der Waals surface area contributed by atoms with Crippen LogP contribution in [0.3, 0.4) is 0 Å². The van der Waals surface area contributed by atoms with Gasteiger partial charge in [-0.25, -0.2) is 0 Å². The van der Waals surface area contributed by atoms with E-state index in [1.165, 1.54) is 25.7 Å². The molecule has 3 N–H and O–H groups in total. The van der Waals surface area contributed by atoms with Crippen molar-refractivity contribution in [3.8, 4) is 0 Å². The van der Waals surface area contributed by atoms with Crippen LogP contribution in [0.1, 0.15) is 59.8 Å². The summed E-state index contributed by atoms with van der Waals surface area (Å²) >= 11 is 0. The molecular weight excluding hydrogens is 224 g/mol. The van der Waals surface area contributed by atoms with Crippen molar-refractivity contribution in [2.24, 2.45) is 23.0 Å². The molecule has 3 heteroatoms. The molecule has 0 aromatic carbocycles. The number of carbonyl (C=O) groups excluding carboxylic acids is 1. The largest absolute Gasteiger partial charge is 0.355 e. The molecule has 1 saturated carbocycles. The first-order valence-corrected chi connectivity index (χ1v) is 7.34. The zero-order valence-electron chi connectivity index (χ0n) is 12.5. The van der Waals surface area contributed by atoms with E-state index in [1.807, 2.05) is 20.8 Å². The zero-order chi connectivity index (χ0) is 13.8. The first-order valence-electron chi connectivity index (χ1n) is 7.34. The van der Waals surface area contributed by atoms with Crippen molar-refractivity contribution < 1.29 is 4.79 Å². The second kappa shape index (κ2) is 6.55. The van der Waals surface area contributed by atoms with Gasteiger partial charge in [-0.1, -0.05) is 47.0 Å². The van der Waals surface area contributed by atoms with E-state index in [4.69, 9.17) is 5.73 Å². The molecule has 2 unspecified atom stereocenters. The molecule has 0 bridgehead atoms. The van der Waals surface area contributed by atoms with E-state index in [9.17, 15) is 4.79 Å². The van der Waals surface area contributed by atoms with E-state index in [0.717, 1.165) is 24.8 Å². The fourth-order valence-electron chi connectivity index (χ4n) is 2.72. The Kier molecular flexibility index (Phi) is 5.64. The van der Waals surface area contributed by atoms with Crippen molar-refractivity contribution in [1.29, 1.82) is 0 Å². The second-order valence-electron chi connectivity index (χ2n) is 7.06. The summed E-state index contributed by atoms with van der Waals surface area (Å²) in [7, 11) is 0. The molecule has 1 amide bonds. The van der Waals surface area contributed by atoms with Crippen LogP contribution in [0.25, 0.3) is 0 Å². The Morgan fingerprint density at radius 3 is 2.61 bits per heavy atom. The van der Waals surface area contributed by atoms with Crippen LogP contribution in [0.2, 0.25) is 0 Å². The molecule has 1 fully saturated rings. The average molecular weight is 254 g/mol. The Morgan fingerprint density at radius 2 is 2.06 bits per heavy atom. The van der Waals surface area contributed by atoms with Gasteiger partial charge in [-0.15, -0.1) is 0 Å². The topological polar surface area (TPSA) is 55.1 Å². The molecule has 0 radical (unpaired) electrons. The number of carbonyl (C=O) groups is 1. The number of rotatable bonds is 4. The Labute approximate surface area is 112 Å². The van der Waals surface area contributed by atoms with Gasteiger partial charge in [0.2, 0.25) is 5.91 Å². The average Bonchev–Trinajstić information content (AvgIpc) is 2.26. The summed E-state index contributed by atoms with van der Waals surface area (Å²) in [4.78, 5) is 11.9. The molecule has 0 aromatic heterocycles. The van der Waals surface area contributed by atoms with Crippen molar-refractivity contribution in [3.05, 3.63) is 0 Å². The molecular formula is C15H30N2O. The fraction of sp³-hybridized carbons (Fsp3) is 0.933. The number of hydrogen-bond donors (Lipinski definition) is 2. The molecule has 0 aliphatic heterocycles. The lowest BCUT2D eigenvalue weighted by atomic mass is 9.81. The van der Waals surface area contributed by atoms with E-state index in [2.05, 4.69) is 12.2 Å². The van der Waals surface area contributed by atoms with Crippen molar-refractivity contribution in [1.82, 2.24) is 5.32 Å². The van der Waals surface area contributed by atoms with Crippen molar-refractivity contribution in [2.45, 2.75) is 65.8 Å². The molecule has 0 aromatic rings. The molecule has 106 valence electrons. The summed E-state index contributed by atoms with van der Waals surface area (Å²) < 4.78 is 0. The van der Waals surface area contributed by atoms with Gasteiger partial charge in [0, 0.05) is 6.54 Å². The van der Waals surface area contributed by atoms with Crippen molar-refractivity contribution in [3.63, 3.8) is 0 Å². The highest BCUT2D eigenvalue weighted by Crippen LogP contribution is 2.30. The third-order valence-electron chi connectivity index (χ3n) is 4.11. The van der Waals surface area contributed by atoms with E-state index in [1.54, 1.807) is 0 Å². The third-order valence-corrected chi connectivity index (χ3v) is 4.11. The van der Waals surface area contributed by atoms with Gasteiger partial charge in [-0.2, -0.15) is 0 Å². The Morgan fingerprint density at radius 1 is 1.39 bits per heavy atom. The van der Waals surface area contributed by atoms with Gasteiger partial charge in [-0.05, 0) is 30.1 Å². The minimum atomic E-state index is -0.414. The van der Waals surface area contributed by atoms with E-state index in [0.29, 0.717) is 0 Å². The lowest BCUT2D eigenvalue weighted by Gasteiger charge is -2.28. The number of nitrogens with one attached hydrogen (secondary N) is 1. The SMILES string of the molecule is CC1CCCC(CCNC(=O)[C@@H](N)C(C)(C)C)C1. The molecule has 1 rings (SSSR count). The van der Waals surface area contributed by atoms with Gasteiger partial charge in [0.15, 0.2) is 0 Å². The van der Waals surface area contributed by atoms with Crippen LogP contribution in [0.4, 0.5) is 0 Å². The summed E-state index contributed by atoms with van der Waals surface area (Å²) in [5, 5.41) is 2.99. The molecule has 0 heterocycles. The van der Waals surface area contributed by atoms with Gasteiger partial charge in [-0.3, -0.25) is 4.79 Å². The van der Waals surface area contributed by atoms with E-state index < -0.39 is 6.04 Å². The summed E-state index contributed by atoms with van der Waals surface area (Å²) in [6.45, 7) is 9.11. The van der Waals surface area contributed by atoms with Crippen LogP contribution in [-0.4, -0.2) is 18.5 Å². The quantitative estimate of drug-likeness (QED) is 0.810. The number of hydrogen-bond acceptors (Lipinski definition) is 2. The standard InChI is InChI=1S/C15H30N2O/c1-11-6-5-7-12(10-11)8-9-17-14(18)13(16)15(2,3)4/h11-13H,5-10,16H2,1-4H3,(H,17,18)/t11?,12?,13-/m1/s1. The number of nitrogens with two attached hydrogens (primary N) is 1. The van der Waals surface area contributed by atoms with Crippen molar-refractivity contribution >= 4 is 5.91 Å². The molecule has 18 heavy (non-hydrogen) atoms. The van der Waals surface area contributed by atoms with Gasteiger partial charge in [0.25, 0.3) is 0 Å². The molecule has 3 nitrogen and oxygen atoms in total. The highest BCUT2D eigenvalue weighted by Gasteiger charge is 2.27. The van der Waals surface area contributed by atoms with Gasteiger partial charge < -0.3 is 11.1 Å². The lowest BCUT2D eigenvalue weighted by molar-refractivity contribution is -0.124. The summed E-state index contributed by atoms with van der Waals surface area (Å²) in [5.74, 6) is 1.64. The van der Waals surface area contributed by atoms with Crippen LogP contribution in [0.15, 0.2) is 0 Å².